The second-order valence-corrected chi connectivity index (χ2v) is 4.01. The predicted octanol–water partition coefficient (Wildman–Crippen LogP) is 2.18. The minimum atomic E-state index is -1.14. The number of halogens is 3. The van der Waals surface area contributed by atoms with Crippen LogP contribution in [0.25, 0.3) is 0 Å². The molecule has 2 aromatic carbocycles. The van der Waals surface area contributed by atoms with Crippen LogP contribution in [-0.2, 0) is 0 Å². The Kier molecular flexibility index (Phi) is 4.22. The monoisotopic (exact) mass is 294 g/mol. The number of hydrogen-bond donors (Lipinski definition) is 2. The van der Waals surface area contributed by atoms with E-state index in [1.807, 2.05) is 10.9 Å². The van der Waals surface area contributed by atoms with Gasteiger partial charge in [-0.25, -0.2) is 13.2 Å². The Hall–Kier alpha value is -2.83. The van der Waals surface area contributed by atoms with E-state index < -0.39 is 34.8 Å². The van der Waals surface area contributed by atoms with Gasteiger partial charge in [0, 0.05) is 5.56 Å². The maximum atomic E-state index is 13.3. The van der Waals surface area contributed by atoms with Crippen molar-refractivity contribution in [3.05, 3.63) is 71.0 Å². The zero-order valence-corrected chi connectivity index (χ0v) is 10.5. The molecule has 0 radical (unpaired) electrons. The van der Waals surface area contributed by atoms with E-state index in [-0.39, 0.29) is 5.56 Å². The van der Waals surface area contributed by atoms with Gasteiger partial charge in [-0.3, -0.25) is 20.4 Å². The quantitative estimate of drug-likeness (QED) is 0.834. The highest BCUT2D eigenvalue weighted by molar-refractivity contribution is 5.99. The van der Waals surface area contributed by atoms with Gasteiger partial charge in [-0.05, 0) is 36.4 Å². The van der Waals surface area contributed by atoms with E-state index in [9.17, 15) is 22.8 Å². The molecule has 2 rings (SSSR count). The average molecular weight is 294 g/mol. The van der Waals surface area contributed by atoms with Crippen molar-refractivity contribution in [2.45, 2.75) is 0 Å². The summed E-state index contributed by atoms with van der Waals surface area (Å²) in [4.78, 5) is 23.2. The minimum Gasteiger partial charge on any atom is -0.267 e. The van der Waals surface area contributed by atoms with Crippen LogP contribution in [0.5, 0.6) is 0 Å². The van der Waals surface area contributed by atoms with Crippen LogP contribution in [0.2, 0.25) is 0 Å². The Morgan fingerprint density at radius 3 is 1.86 bits per heavy atom. The standard InChI is InChI=1S/C14H9F3N2O2/c15-9-6-4-8(5-7-9)13(20)18-19-14(21)12-10(16)2-1-3-11(12)17/h1-7H,(H,18,20)(H,19,21). The van der Waals surface area contributed by atoms with E-state index in [4.69, 9.17) is 0 Å². The van der Waals surface area contributed by atoms with E-state index >= 15 is 0 Å². The van der Waals surface area contributed by atoms with E-state index in [0.717, 1.165) is 30.3 Å². The third kappa shape index (κ3) is 3.38. The van der Waals surface area contributed by atoms with Crippen molar-refractivity contribution in [2.24, 2.45) is 0 Å². The van der Waals surface area contributed by atoms with Gasteiger partial charge in [0.2, 0.25) is 0 Å². The van der Waals surface area contributed by atoms with Crippen molar-refractivity contribution in [1.29, 1.82) is 0 Å². The lowest BCUT2D eigenvalue weighted by Gasteiger charge is -2.08. The molecule has 7 heteroatoms. The van der Waals surface area contributed by atoms with E-state index in [0.29, 0.717) is 0 Å². The molecule has 2 amide bonds. The lowest BCUT2D eigenvalue weighted by atomic mass is 10.2. The summed E-state index contributed by atoms with van der Waals surface area (Å²) in [6, 6.07) is 7.46. The number of rotatable bonds is 2. The first-order chi connectivity index (χ1) is 9.99. The predicted molar refractivity (Wildman–Crippen MR) is 67.7 cm³/mol. The molecule has 2 aromatic rings. The maximum absolute atomic E-state index is 13.3. The van der Waals surface area contributed by atoms with Gasteiger partial charge in [-0.1, -0.05) is 6.07 Å². The highest BCUT2D eigenvalue weighted by atomic mass is 19.1. The number of amides is 2. The Balaban J connectivity index is 2.04. The van der Waals surface area contributed by atoms with Crippen LogP contribution in [0.15, 0.2) is 42.5 Å². The SMILES string of the molecule is O=C(NNC(=O)c1c(F)cccc1F)c1ccc(F)cc1. The first kappa shape index (κ1) is 14.6. The first-order valence-electron chi connectivity index (χ1n) is 5.79. The van der Waals surface area contributed by atoms with Gasteiger partial charge in [-0.2, -0.15) is 0 Å². The van der Waals surface area contributed by atoms with Crippen LogP contribution < -0.4 is 10.9 Å². The molecule has 0 fully saturated rings. The zero-order chi connectivity index (χ0) is 15.4. The summed E-state index contributed by atoms with van der Waals surface area (Å²) < 4.78 is 39.4. The van der Waals surface area contributed by atoms with Crippen molar-refractivity contribution in [3.8, 4) is 0 Å². The normalized spacial score (nSPS) is 10.0. The molecular formula is C14H9F3N2O2. The molecule has 0 atom stereocenters. The van der Waals surface area contributed by atoms with Gasteiger partial charge in [0.1, 0.15) is 23.0 Å². The molecule has 0 saturated carbocycles. The fourth-order valence-corrected chi connectivity index (χ4v) is 1.56. The van der Waals surface area contributed by atoms with Crippen LogP contribution in [0.1, 0.15) is 20.7 Å². The molecule has 0 aliphatic rings. The third-order valence-corrected chi connectivity index (χ3v) is 2.59. The van der Waals surface area contributed by atoms with Crippen molar-refractivity contribution in [2.75, 3.05) is 0 Å². The number of carbonyl (C=O) groups is 2. The summed E-state index contributed by atoms with van der Waals surface area (Å²) in [5.74, 6) is -4.52. The van der Waals surface area contributed by atoms with E-state index in [1.165, 1.54) is 12.1 Å². The van der Waals surface area contributed by atoms with Gasteiger partial charge < -0.3 is 0 Å². The van der Waals surface area contributed by atoms with Gasteiger partial charge in [-0.15, -0.1) is 0 Å². The Bertz CT molecular complexity index is 667. The van der Waals surface area contributed by atoms with Crippen molar-refractivity contribution in [3.63, 3.8) is 0 Å². The van der Waals surface area contributed by atoms with Gasteiger partial charge in [0.05, 0.1) is 0 Å². The average Bonchev–Trinajstić information content (AvgIpc) is 2.45. The van der Waals surface area contributed by atoms with Crippen molar-refractivity contribution in [1.82, 2.24) is 10.9 Å². The van der Waals surface area contributed by atoms with Crippen molar-refractivity contribution < 1.29 is 22.8 Å². The van der Waals surface area contributed by atoms with Crippen LogP contribution in [0, 0.1) is 17.5 Å². The maximum Gasteiger partial charge on any atom is 0.275 e. The summed E-state index contributed by atoms with van der Waals surface area (Å²) >= 11 is 0. The number of hydrogen-bond acceptors (Lipinski definition) is 2. The first-order valence-corrected chi connectivity index (χ1v) is 5.79. The Morgan fingerprint density at radius 2 is 1.29 bits per heavy atom. The molecule has 0 spiro atoms. The van der Waals surface area contributed by atoms with E-state index in [1.54, 1.807) is 0 Å². The molecule has 0 heterocycles. The lowest BCUT2D eigenvalue weighted by Crippen LogP contribution is -2.42. The Morgan fingerprint density at radius 1 is 0.762 bits per heavy atom. The summed E-state index contributed by atoms with van der Waals surface area (Å²) in [7, 11) is 0. The molecular weight excluding hydrogens is 285 g/mol. The second kappa shape index (κ2) is 6.08. The minimum absolute atomic E-state index is 0.0747. The lowest BCUT2D eigenvalue weighted by molar-refractivity contribution is 0.0841. The molecule has 0 aliphatic heterocycles. The molecule has 0 unspecified atom stereocenters. The van der Waals surface area contributed by atoms with Crippen LogP contribution in [0.3, 0.4) is 0 Å². The van der Waals surface area contributed by atoms with Crippen LogP contribution in [-0.4, -0.2) is 11.8 Å². The molecule has 0 bridgehead atoms. The van der Waals surface area contributed by atoms with E-state index in [2.05, 4.69) is 0 Å². The fourth-order valence-electron chi connectivity index (χ4n) is 1.56. The van der Waals surface area contributed by atoms with Crippen molar-refractivity contribution >= 4 is 11.8 Å². The molecule has 0 aromatic heterocycles. The topological polar surface area (TPSA) is 58.2 Å². The number of hydrazine groups is 1. The molecule has 108 valence electrons. The smallest absolute Gasteiger partial charge is 0.267 e. The third-order valence-electron chi connectivity index (χ3n) is 2.59. The van der Waals surface area contributed by atoms with Gasteiger partial charge in [0.15, 0.2) is 0 Å². The molecule has 0 aliphatic carbocycles. The summed E-state index contributed by atoms with van der Waals surface area (Å²) in [6.07, 6.45) is 0. The van der Waals surface area contributed by atoms with Crippen LogP contribution >= 0.6 is 0 Å². The number of carbonyl (C=O) groups excluding carboxylic acids is 2. The van der Waals surface area contributed by atoms with Crippen LogP contribution in [0.4, 0.5) is 13.2 Å². The number of benzene rings is 2. The largest absolute Gasteiger partial charge is 0.275 e. The Labute approximate surface area is 117 Å². The molecule has 21 heavy (non-hydrogen) atoms. The molecule has 2 N–H and O–H groups in total. The highest BCUT2D eigenvalue weighted by Crippen LogP contribution is 2.11. The molecule has 4 nitrogen and oxygen atoms in total. The summed E-state index contributed by atoms with van der Waals surface area (Å²) in [5.41, 5.74) is 3.12. The molecule has 0 saturated heterocycles. The zero-order valence-electron chi connectivity index (χ0n) is 10.5. The summed E-state index contributed by atoms with van der Waals surface area (Å²) in [6.45, 7) is 0. The summed E-state index contributed by atoms with van der Waals surface area (Å²) in [5, 5.41) is 0. The second-order valence-electron chi connectivity index (χ2n) is 4.01. The van der Waals surface area contributed by atoms with Gasteiger partial charge >= 0.3 is 0 Å². The highest BCUT2D eigenvalue weighted by Gasteiger charge is 2.17. The number of nitrogens with one attached hydrogen (secondary N) is 2. The fraction of sp³-hybridized carbons (Fsp3) is 0. The van der Waals surface area contributed by atoms with Gasteiger partial charge in [0.25, 0.3) is 11.8 Å².